The second-order valence-electron chi connectivity index (χ2n) is 4.32. The van der Waals surface area contributed by atoms with Gasteiger partial charge in [0.2, 0.25) is 0 Å². The summed E-state index contributed by atoms with van der Waals surface area (Å²) in [4.78, 5) is 13.2. The van der Waals surface area contributed by atoms with E-state index in [1.807, 2.05) is 0 Å². The molecule has 0 radical (unpaired) electrons. The first-order valence-electron chi connectivity index (χ1n) is 5.57. The number of rotatable bonds is 3. The normalized spacial score (nSPS) is 28.5. The van der Waals surface area contributed by atoms with Gasteiger partial charge in [-0.1, -0.05) is 0 Å². The Bertz CT molecular complexity index is 208. The van der Waals surface area contributed by atoms with Crippen LogP contribution < -0.4 is 0 Å². The van der Waals surface area contributed by atoms with Crippen LogP contribution in [0.15, 0.2) is 0 Å². The van der Waals surface area contributed by atoms with Crippen molar-refractivity contribution in [3.05, 3.63) is 0 Å². The molecule has 1 rings (SSSR count). The van der Waals surface area contributed by atoms with E-state index in [4.69, 9.17) is 0 Å². The molecular formula is C11H21NO3. The summed E-state index contributed by atoms with van der Waals surface area (Å²) in [5.74, 6) is 0.0638. The number of carbonyl (C=O) groups excluding carboxylic acids is 1. The molecule has 15 heavy (non-hydrogen) atoms. The van der Waals surface area contributed by atoms with Crippen LogP contribution in [0.3, 0.4) is 0 Å². The summed E-state index contributed by atoms with van der Waals surface area (Å²) >= 11 is 0. The largest absolute Gasteiger partial charge is 0.469 e. The van der Waals surface area contributed by atoms with Crippen LogP contribution in [-0.4, -0.2) is 49.3 Å². The van der Waals surface area contributed by atoms with Crippen molar-refractivity contribution in [2.75, 3.05) is 27.2 Å². The molecule has 2 atom stereocenters. The Labute approximate surface area is 91.2 Å². The maximum absolute atomic E-state index is 11.0. The summed E-state index contributed by atoms with van der Waals surface area (Å²) in [6.07, 6.45) is 2.67. The predicted molar refractivity (Wildman–Crippen MR) is 57.5 cm³/mol. The minimum absolute atomic E-state index is 0.181. The zero-order chi connectivity index (χ0) is 11.3. The zero-order valence-electron chi connectivity index (χ0n) is 9.61. The van der Waals surface area contributed by atoms with Crippen molar-refractivity contribution < 1.29 is 14.6 Å². The molecule has 0 spiro atoms. The molecule has 0 amide bonds. The monoisotopic (exact) mass is 215 g/mol. The van der Waals surface area contributed by atoms with E-state index in [0.717, 1.165) is 32.4 Å². The van der Waals surface area contributed by atoms with Crippen LogP contribution in [0.25, 0.3) is 0 Å². The van der Waals surface area contributed by atoms with Crippen molar-refractivity contribution in [1.29, 1.82) is 0 Å². The van der Waals surface area contributed by atoms with Crippen LogP contribution in [0.4, 0.5) is 0 Å². The quantitative estimate of drug-likeness (QED) is 0.702. The first kappa shape index (κ1) is 12.5. The third-order valence-electron chi connectivity index (χ3n) is 3.18. The van der Waals surface area contributed by atoms with Gasteiger partial charge in [0, 0.05) is 13.0 Å². The minimum Gasteiger partial charge on any atom is -0.469 e. The lowest BCUT2D eigenvalue weighted by Crippen LogP contribution is -2.21. The van der Waals surface area contributed by atoms with E-state index >= 15 is 0 Å². The number of hydrogen-bond acceptors (Lipinski definition) is 4. The molecule has 0 aromatic rings. The van der Waals surface area contributed by atoms with Gasteiger partial charge >= 0.3 is 5.97 Å². The molecule has 1 N–H and O–H groups in total. The highest BCUT2D eigenvalue weighted by molar-refractivity contribution is 5.69. The fourth-order valence-electron chi connectivity index (χ4n) is 2.02. The number of esters is 1. The van der Waals surface area contributed by atoms with Gasteiger partial charge in [0.15, 0.2) is 0 Å². The molecule has 1 aliphatic rings. The van der Waals surface area contributed by atoms with Crippen molar-refractivity contribution in [2.45, 2.75) is 31.8 Å². The molecule has 0 aliphatic carbocycles. The topological polar surface area (TPSA) is 49.8 Å². The third-order valence-corrected chi connectivity index (χ3v) is 3.18. The lowest BCUT2D eigenvalue weighted by Gasteiger charge is -2.18. The predicted octanol–water partition coefficient (Wildman–Crippen LogP) is 0.642. The van der Waals surface area contributed by atoms with Gasteiger partial charge in [-0.25, -0.2) is 0 Å². The van der Waals surface area contributed by atoms with E-state index in [2.05, 4.69) is 16.7 Å². The number of aliphatic hydroxyl groups excluding tert-OH is 1. The highest BCUT2D eigenvalue weighted by Gasteiger charge is 2.23. The Morgan fingerprint density at radius 3 is 2.80 bits per heavy atom. The molecule has 88 valence electrons. The van der Waals surface area contributed by atoms with E-state index in [1.54, 1.807) is 0 Å². The zero-order valence-corrected chi connectivity index (χ0v) is 9.61. The Hall–Kier alpha value is -0.610. The van der Waals surface area contributed by atoms with E-state index in [-0.39, 0.29) is 18.0 Å². The third kappa shape index (κ3) is 4.18. The summed E-state index contributed by atoms with van der Waals surface area (Å²) in [5, 5.41) is 9.87. The van der Waals surface area contributed by atoms with E-state index in [9.17, 15) is 9.90 Å². The van der Waals surface area contributed by atoms with E-state index in [1.165, 1.54) is 7.11 Å². The number of carbonyl (C=O) groups is 1. The molecule has 0 aromatic carbocycles. The first-order valence-corrected chi connectivity index (χ1v) is 5.57. The molecule has 1 aliphatic heterocycles. The average Bonchev–Trinajstić information content (AvgIpc) is 2.39. The van der Waals surface area contributed by atoms with E-state index < -0.39 is 0 Å². The first-order chi connectivity index (χ1) is 7.13. The molecule has 4 nitrogen and oxygen atoms in total. The molecule has 0 bridgehead atoms. The Morgan fingerprint density at radius 1 is 1.47 bits per heavy atom. The summed E-state index contributed by atoms with van der Waals surface area (Å²) < 4.78 is 4.60. The number of ether oxygens (including phenoxy) is 1. The second kappa shape index (κ2) is 6.08. The molecule has 4 heteroatoms. The van der Waals surface area contributed by atoms with Crippen molar-refractivity contribution in [1.82, 2.24) is 4.90 Å². The Balaban J connectivity index is 2.35. The van der Waals surface area contributed by atoms with Crippen LogP contribution in [-0.2, 0) is 9.53 Å². The van der Waals surface area contributed by atoms with Crippen LogP contribution in [0.5, 0.6) is 0 Å². The van der Waals surface area contributed by atoms with Gasteiger partial charge in [-0.2, -0.15) is 0 Å². The summed E-state index contributed by atoms with van der Waals surface area (Å²) in [6.45, 7) is 1.94. The summed E-state index contributed by atoms with van der Waals surface area (Å²) in [7, 11) is 3.47. The highest BCUT2D eigenvalue weighted by Crippen LogP contribution is 2.22. The van der Waals surface area contributed by atoms with E-state index in [0.29, 0.717) is 6.42 Å². The maximum atomic E-state index is 11.0. The number of aliphatic hydroxyl groups is 1. The molecule has 1 saturated heterocycles. The number of hydrogen-bond donors (Lipinski definition) is 1. The Morgan fingerprint density at radius 2 is 2.13 bits per heavy atom. The van der Waals surface area contributed by atoms with Gasteiger partial charge in [0.1, 0.15) is 0 Å². The average molecular weight is 215 g/mol. The van der Waals surface area contributed by atoms with Gasteiger partial charge in [0.25, 0.3) is 0 Å². The molecular weight excluding hydrogens is 194 g/mol. The number of likely N-dealkylation sites (tertiary alicyclic amines) is 1. The van der Waals surface area contributed by atoms with Crippen LogP contribution in [0.1, 0.15) is 25.7 Å². The lowest BCUT2D eigenvalue weighted by atomic mass is 9.92. The minimum atomic E-state index is -0.264. The molecule has 0 aromatic heterocycles. The van der Waals surface area contributed by atoms with Crippen LogP contribution in [0, 0.1) is 5.92 Å². The van der Waals surface area contributed by atoms with Gasteiger partial charge in [-0.05, 0) is 38.8 Å². The van der Waals surface area contributed by atoms with Gasteiger partial charge in [0.05, 0.1) is 13.2 Å². The molecule has 0 saturated carbocycles. The standard InChI is InChI=1S/C11H21NO3/c1-12-7-5-9(10(13)6-8-12)3-4-11(14)15-2/h9-10,13H,3-8H2,1-2H3/t9-,10-/m0/s1. The van der Waals surface area contributed by atoms with Crippen LogP contribution in [0.2, 0.25) is 0 Å². The fraction of sp³-hybridized carbons (Fsp3) is 0.909. The molecule has 1 heterocycles. The smallest absolute Gasteiger partial charge is 0.305 e. The highest BCUT2D eigenvalue weighted by atomic mass is 16.5. The van der Waals surface area contributed by atoms with Crippen molar-refractivity contribution in [3.63, 3.8) is 0 Å². The second-order valence-corrected chi connectivity index (χ2v) is 4.32. The maximum Gasteiger partial charge on any atom is 0.305 e. The summed E-state index contributed by atoms with van der Waals surface area (Å²) in [5.41, 5.74) is 0. The molecule has 0 unspecified atom stereocenters. The van der Waals surface area contributed by atoms with Gasteiger partial charge in [-0.15, -0.1) is 0 Å². The van der Waals surface area contributed by atoms with Crippen molar-refractivity contribution in [2.24, 2.45) is 5.92 Å². The number of methoxy groups -OCH3 is 1. The lowest BCUT2D eigenvalue weighted by molar-refractivity contribution is -0.141. The van der Waals surface area contributed by atoms with Crippen molar-refractivity contribution >= 4 is 5.97 Å². The molecule has 1 fully saturated rings. The van der Waals surface area contributed by atoms with Crippen LogP contribution >= 0.6 is 0 Å². The number of nitrogens with zero attached hydrogens (tertiary/aromatic N) is 1. The fourth-order valence-corrected chi connectivity index (χ4v) is 2.02. The summed E-state index contributed by atoms with van der Waals surface area (Å²) in [6, 6.07) is 0. The van der Waals surface area contributed by atoms with Gasteiger partial charge in [-0.3, -0.25) is 4.79 Å². The van der Waals surface area contributed by atoms with Crippen molar-refractivity contribution in [3.8, 4) is 0 Å². The van der Waals surface area contributed by atoms with Gasteiger partial charge < -0.3 is 14.7 Å². The SMILES string of the molecule is COC(=O)CC[C@H]1CCN(C)CC[C@@H]1O. The Kier molecular flexibility index (Phi) is 5.05.